The lowest BCUT2D eigenvalue weighted by molar-refractivity contribution is 0.0690. The summed E-state index contributed by atoms with van der Waals surface area (Å²) < 4.78 is 0. The topological polar surface area (TPSA) is 66.3 Å². The Labute approximate surface area is 105 Å². The lowest BCUT2D eigenvalue weighted by Crippen LogP contribution is -2.19. The fourth-order valence-corrected chi connectivity index (χ4v) is 1.58. The van der Waals surface area contributed by atoms with E-state index in [1.165, 1.54) is 6.20 Å². The van der Waals surface area contributed by atoms with E-state index in [2.05, 4.69) is 9.97 Å². The maximum Gasteiger partial charge on any atom is 0.356 e. The van der Waals surface area contributed by atoms with Gasteiger partial charge in [-0.3, -0.25) is 4.98 Å². The zero-order valence-electron chi connectivity index (χ0n) is 9.95. The van der Waals surface area contributed by atoms with Gasteiger partial charge < -0.3 is 10.0 Å². The normalized spacial score (nSPS) is 10.1. The Morgan fingerprint density at radius 2 is 2.00 bits per heavy atom. The first kappa shape index (κ1) is 12.0. The SMILES string of the molecule is CN(Cc1ccccc1)c1cncc(C(=O)O)n1. The number of carboxylic acids is 1. The average Bonchev–Trinajstić information content (AvgIpc) is 2.40. The second-order valence-corrected chi connectivity index (χ2v) is 3.91. The van der Waals surface area contributed by atoms with Gasteiger partial charge in [0.2, 0.25) is 0 Å². The molecule has 0 bridgehead atoms. The van der Waals surface area contributed by atoms with E-state index in [0.29, 0.717) is 12.4 Å². The zero-order valence-corrected chi connectivity index (χ0v) is 9.95. The molecule has 0 unspecified atom stereocenters. The molecule has 0 aliphatic rings. The molecule has 1 aromatic heterocycles. The van der Waals surface area contributed by atoms with Crippen LogP contribution in [0.4, 0.5) is 5.82 Å². The van der Waals surface area contributed by atoms with Gasteiger partial charge in [0, 0.05) is 13.6 Å². The fourth-order valence-electron chi connectivity index (χ4n) is 1.58. The van der Waals surface area contributed by atoms with Crippen molar-refractivity contribution >= 4 is 11.8 Å². The molecular weight excluding hydrogens is 230 g/mol. The van der Waals surface area contributed by atoms with Crippen LogP contribution in [0.25, 0.3) is 0 Å². The third kappa shape index (κ3) is 2.82. The number of hydrogen-bond acceptors (Lipinski definition) is 4. The molecule has 0 saturated carbocycles. The molecule has 2 aromatic rings. The third-order valence-corrected chi connectivity index (χ3v) is 2.49. The molecule has 0 fully saturated rings. The lowest BCUT2D eigenvalue weighted by Gasteiger charge is -2.17. The van der Waals surface area contributed by atoms with Gasteiger partial charge in [0.1, 0.15) is 5.82 Å². The van der Waals surface area contributed by atoms with Crippen molar-refractivity contribution in [1.82, 2.24) is 9.97 Å². The van der Waals surface area contributed by atoms with Gasteiger partial charge in [-0.05, 0) is 5.56 Å². The third-order valence-electron chi connectivity index (χ3n) is 2.49. The monoisotopic (exact) mass is 243 g/mol. The van der Waals surface area contributed by atoms with E-state index in [4.69, 9.17) is 5.11 Å². The quantitative estimate of drug-likeness (QED) is 0.887. The van der Waals surface area contributed by atoms with E-state index in [0.717, 1.165) is 5.56 Å². The summed E-state index contributed by atoms with van der Waals surface area (Å²) in [5, 5.41) is 8.86. The number of anilines is 1. The first-order valence-corrected chi connectivity index (χ1v) is 5.47. The summed E-state index contributed by atoms with van der Waals surface area (Å²) in [6.07, 6.45) is 2.79. The molecule has 0 spiro atoms. The number of aromatic carboxylic acids is 1. The molecule has 5 heteroatoms. The van der Waals surface area contributed by atoms with Crippen molar-refractivity contribution in [3.8, 4) is 0 Å². The Morgan fingerprint density at radius 1 is 1.28 bits per heavy atom. The van der Waals surface area contributed by atoms with Crippen LogP contribution in [0.3, 0.4) is 0 Å². The van der Waals surface area contributed by atoms with E-state index in [-0.39, 0.29) is 5.69 Å². The van der Waals surface area contributed by atoms with Gasteiger partial charge in [0.25, 0.3) is 0 Å². The number of aromatic nitrogens is 2. The molecule has 1 heterocycles. The summed E-state index contributed by atoms with van der Waals surface area (Å²) in [6, 6.07) is 9.88. The summed E-state index contributed by atoms with van der Waals surface area (Å²) in [5.74, 6) is -0.531. The van der Waals surface area contributed by atoms with Gasteiger partial charge in [-0.2, -0.15) is 0 Å². The van der Waals surface area contributed by atoms with Crippen molar-refractivity contribution < 1.29 is 9.90 Å². The minimum atomic E-state index is -1.07. The highest BCUT2D eigenvalue weighted by Gasteiger charge is 2.09. The molecule has 92 valence electrons. The lowest BCUT2D eigenvalue weighted by atomic mass is 10.2. The number of benzene rings is 1. The molecule has 1 aromatic carbocycles. The van der Waals surface area contributed by atoms with Crippen molar-refractivity contribution in [1.29, 1.82) is 0 Å². The minimum absolute atomic E-state index is 0.0487. The number of carboxylic acid groups (broad SMARTS) is 1. The highest BCUT2D eigenvalue weighted by molar-refractivity contribution is 5.85. The van der Waals surface area contributed by atoms with Crippen molar-refractivity contribution in [2.45, 2.75) is 6.54 Å². The van der Waals surface area contributed by atoms with Crippen molar-refractivity contribution in [2.75, 3.05) is 11.9 Å². The molecule has 5 nitrogen and oxygen atoms in total. The predicted octanol–water partition coefficient (Wildman–Crippen LogP) is 1.81. The summed E-state index contributed by atoms with van der Waals surface area (Å²) >= 11 is 0. The van der Waals surface area contributed by atoms with Gasteiger partial charge in [0.05, 0.1) is 12.4 Å². The number of rotatable bonds is 4. The average molecular weight is 243 g/mol. The predicted molar refractivity (Wildman–Crippen MR) is 67.5 cm³/mol. The number of nitrogens with zero attached hydrogens (tertiary/aromatic N) is 3. The van der Waals surface area contributed by atoms with Crippen LogP contribution in [0.1, 0.15) is 16.1 Å². The first-order valence-electron chi connectivity index (χ1n) is 5.47. The van der Waals surface area contributed by atoms with E-state index < -0.39 is 5.97 Å². The Hall–Kier alpha value is -2.43. The molecule has 0 amide bonds. The van der Waals surface area contributed by atoms with Gasteiger partial charge in [0.15, 0.2) is 5.69 Å². The van der Waals surface area contributed by atoms with Gasteiger partial charge in [-0.1, -0.05) is 30.3 Å². The van der Waals surface area contributed by atoms with Crippen molar-refractivity contribution in [3.63, 3.8) is 0 Å². The van der Waals surface area contributed by atoms with Crippen molar-refractivity contribution in [3.05, 3.63) is 54.0 Å². The van der Waals surface area contributed by atoms with Crippen LogP contribution in [0.15, 0.2) is 42.7 Å². The maximum atomic E-state index is 10.8. The van der Waals surface area contributed by atoms with Crippen molar-refractivity contribution in [2.24, 2.45) is 0 Å². The molecule has 0 radical (unpaired) electrons. The molecule has 18 heavy (non-hydrogen) atoms. The molecular formula is C13H13N3O2. The minimum Gasteiger partial charge on any atom is -0.476 e. The molecule has 0 atom stereocenters. The van der Waals surface area contributed by atoms with Crippen LogP contribution in [-0.2, 0) is 6.54 Å². The molecule has 2 rings (SSSR count). The summed E-state index contributed by atoms with van der Waals surface area (Å²) in [5.41, 5.74) is 1.08. The standard InChI is InChI=1S/C13H13N3O2/c1-16(9-10-5-3-2-4-6-10)12-8-14-7-11(15-12)13(17)18/h2-8H,9H2,1H3,(H,17,18). The van der Waals surface area contributed by atoms with Crippen LogP contribution in [0.2, 0.25) is 0 Å². The summed E-state index contributed by atoms with van der Waals surface area (Å²) in [4.78, 5) is 20.6. The first-order chi connectivity index (χ1) is 8.66. The highest BCUT2D eigenvalue weighted by Crippen LogP contribution is 2.11. The smallest absolute Gasteiger partial charge is 0.356 e. The van der Waals surface area contributed by atoms with E-state index in [1.807, 2.05) is 42.3 Å². The maximum absolute atomic E-state index is 10.8. The molecule has 0 saturated heterocycles. The summed E-state index contributed by atoms with van der Waals surface area (Å²) in [7, 11) is 1.85. The Kier molecular flexibility index (Phi) is 3.52. The second-order valence-electron chi connectivity index (χ2n) is 3.91. The fraction of sp³-hybridized carbons (Fsp3) is 0.154. The van der Waals surface area contributed by atoms with Gasteiger partial charge >= 0.3 is 5.97 Å². The Bertz CT molecular complexity index is 543. The molecule has 1 N–H and O–H groups in total. The van der Waals surface area contributed by atoms with Crippen LogP contribution in [0.5, 0.6) is 0 Å². The van der Waals surface area contributed by atoms with Crippen LogP contribution in [0, 0.1) is 0 Å². The van der Waals surface area contributed by atoms with Crippen LogP contribution < -0.4 is 4.90 Å². The molecule has 0 aliphatic heterocycles. The van der Waals surface area contributed by atoms with Gasteiger partial charge in [-0.15, -0.1) is 0 Å². The zero-order chi connectivity index (χ0) is 13.0. The van der Waals surface area contributed by atoms with E-state index in [9.17, 15) is 4.79 Å². The van der Waals surface area contributed by atoms with Crippen LogP contribution in [-0.4, -0.2) is 28.1 Å². The molecule has 0 aliphatic carbocycles. The number of carbonyl (C=O) groups is 1. The largest absolute Gasteiger partial charge is 0.476 e. The highest BCUT2D eigenvalue weighted by atomic mass is 16.4. The number of hydrogen-bond donors (Lipinski definition) is 1. The second kappa shape index (κ2) is 5.27. The van der Waals surface area contributed by atoms with Gasteiger partial charge in [-0.25, -0.2) is 9.78 Å². The Morgan fingerprint density at radius 3 is 2.67 bits per heavy atom. The Balaban J connectivity index is 2.16. The van der Waals surface area contributed by atoms with E-state index in [1.54, 1.807) is 6.20 Å². The summed E-state index contributed by atoms with van der Waals surface area (Å²) in [6.45, 7) is 0.651. The van der Waals surface area contributed by atoms with Crippen LogP contribution >= 0.6 is 0 Å². The van der Waals surface area contributed by atoms with E-state index >= 15 is 0 Å².